The van der Waals surface area contributed by atoms with E-state index in [0.717, 1.165) is 19.3 Å². The average molecular weight is 182 g/mol. The predicted octanol–water partition coefficient (Wildman–Crippen LogP) is 3.72. The summed E-state index contributed by atoms with van der Waals surface area (Å²) in [7, 11) is 0. The Morgan fingerprint density at radius 1 is 1.15 bits per heavy atom. The molecule has 0 aliphatic heterocycles. The van der Waals surface area contributed by atoms with Gasteiger partial charge in [0, 0.05) is 5.41 Å². The molecule has 0 bridgehead atoms. The van der Waals surface area contributed by atoms with Gasteiger partial charge in [-0.2, -0.15) is 0 Å². The van der Waals surface area contributed by atoms with Crippen molar-refractivity contribution in [3.05, 3.63) is 0 Å². The normalized spacial score (nSPS) is 18.6. The minimum Gasteiger partial charge on any atom is -0.299 e. The summed E-state index contributed by atoms with van der Waals surface area (Å²) < 4.78 is 0. The molecule has 0 unspecified atom stereocenters. The fourth-order valence-electron chi connectivity index (χ4n) is 2.00. The van der Waals surface area contributed by atoms with Gasteiger partial charge < -0.3 is 0 Å². The van der Waals surface area contributed by atoms with E-state index in [4.69, 9.17) is 0 Å². The van der Waals surface area contributed by atoms with Gasteiger partial charge >= 0.3 is 0 Å². The van der Waals surface area contributed by atoms with Gasteiger partial charge in [0.25, 0.3) is 0 Å². The van der Waals surface area contributed by atoms with Crippen molar-refractivity contribution < 1.29 is 4.79 Å². The second kappa shape index (κ2) is 4.78. The largest absolute Gasteiger partial charge is 0.299 e. The molecule has 1 rings (SSSR count). The van der Waals surface area contributed by atoms with Crippen molar-refractivity contribution in [2.24, 2.45) is 5.41 Å². The summed E-state index contributed by atoms with van der Waals surface area (Å²) in [6.07, 6.45) is 10.1. The fraction of sp³-hybridized carbons (Fsp3) is 0.917. The maximum atomic E-state index is 11.2. The highest BCUT2D eigenvalue weighted by Crippen LogP contribution is 2.50. The molecule has 0 N–H and O–H groups in total. The standard InChI is InChI=1S/C12H22O/c1-3-4-5-6-7-8-12(9-10-12)11(2)13/h3-10H2,1-2H3. The third-order valence-electron chi connectivity index (χ3n) is 3.36. The van der Waals surface area contributed by atoms with Crippen molar-refractivity contribution in [1.29, 1.82) is 0 Å². The van der Waals surface area contributed by atoms with Crippen LogP contribution >= 0.6 is 0 Å². The van der Waals surface area contributed by atoms with E-state index in [2.05, 4.69) is 6.92 Å². The zero-order valence-electron chi connectivity index (χ0n) is 9.07. The first-order chi connectivity index (χ1) is 6.21. The summed E-state index contributed by atoms with van der Waals surface area (Å²) in [5.74, 6) is 0.433. The first-order valence-electron chi connectivity index (χ1n) is 5.72. The third kappa shape index (κ3) is 3.13. The van der Waals surface area contributed by atoms with Gasteiger partial charge in [0.15, 0.2) is 0 Å². The molecule has 76 valence electrons. The summed E-state index contributed by atoms with van der Waals surface area (Å²) in [5, 5.41) is 0. The Bertz CT molecular complexity index is 168. The molecule has 1 saturated carbocycles. The van der Waals surface area contributed by atoms with Crippen LogP contribution in [0.2, 0.25) is 0 Å². The average Bonchev–Trinajstić information content (AvgIpc) is 2.85. The number of unbranched alkanes of at least 4 members (excludes halogenated alkanes) is 4. The number of Topliss-reactive ketones (excluding diaryl/α,β-unsaturated/α-hetero) is 1. The summed E-state index contributed by atoms with van der Waals surface area (Å²) in [4.78, 5) is 11.2. The molecule has 1 heteroatoms. The molecule has 0 aromatic rings. The molecule has 1 aliphatic carbocycles. The van der Waals surface area contributed by atoms with Gasteiger partial charge in [0.1, 0.15) is 5.78 Å². The van der Waals surface area contributed by atoms with Crippen molar-refractivity contribution in [1.82, 2.24) is 0 Å². The van der Waals surface area contributed by atoms with Gasteiger partial charge in [-0.25, -0.2) is 0 Å². The summed E-state index contributed by atoms with van der Waals surface area (Å²) in [6.45, 7) is 4.00. The van der Waals surface area contributed by atoms with Crippen molar-refractivity contribution >= 4 is 5.78 Å². The van der Waals surface area contributed by atoms with E-state index < -0.39 is 0 Å². The van der Waals surface area contributed by atoms with E-state index >= 15 is 0 Å². The molecule has 0 radical (unpaired) electrons. The van der Waals surface area contributed by atoms with E-state index in [0.29, 0.717) is 5.78 Å². The van der Waals surface area contributed by atoms with Crippen LogP contribution in [-0.2, 0) is 4.79 Å². The maximum absolute atomic E-state index is 11.2. The van der Waals surface area contributed by atoms with Crippen molar-refractivity contribution in [3.63, 3.8) is 0 Å². The molecule has 1 aliphatic rings. The van der Waals surface area contributed by atoms with Crippen LogP contribution in [-0.4, -0.2) is 5.78 Å². The molecule has 0 saturated heterocycles. The SMILES string of the molecule is CCCCCCCC1(C(C)=O)CC1. The van der Waals surface area contributed by atoms with Crippen LogP contribution in [0.1, 0.15) is 65.2 Å². The first-order valence-corrected chi connectivity index (χ1v) is 5.72. The molecular formula is C12H22O. The van der Waals surface area contributed by atoms with Gasteiger partial charge in [0.2, 0.25) is 0 Å². The smallest absolute Gasteiger partial charge is 0.135 e. The highest BCUT2D eigenvalue weighted by molar-refractivity contribution is 5.84. The van der Waals surface area contributed by atoms with E-state index in [9.17, 15) is 4.79 Å². The van der Waals surface area contributed by atoms with Crippen molar-refractivity contribution in [3.8, 4) is 0 Å². The number of hydrogen-bond acceptors (Lipinski definition) is 1. The zero-order valence-corrected chi connectivity index (χ0v) is 9.07. The van der Waals surface area contributed by atoms with E-state index in [-0.39, 0.29) is 5.41 Å². The minimum absolute atomic E-state index is 0.159. The van der Waals surface area contributed by atoms with Gasteiger partial charge in [-0.05, 0) is 26.2 Å². The van der Waals surface area contributed by atoms with Crippen molar-refractivity contribution in [2.75, 3.05) is 0 Å². The molecule has 0 aromatic heterocycles. The highest BCUT2D eigenvalue weighted by Gasteiger charge is 2.45. The first kappa shape index (κ1) is 10.7. The van der Waals surface area contributed by atoms with E-state index in [1.165, 1.54) is 32.1 Å². The zero-order chi connectivity index (χ0) is 9.73. The highest BCUT2D eigenvalue weighted by atomic mass is 16.1. The van der Waals surface area contributed by atoms with Crippen LogP contribution in [0.25, 0.3) is 0 Å². The van der Waals surface area contributed by atoms with Crippen LogP contribution < -0.4 is 0 Å². The Balaban J connectivity index is 2.03. The molecule has 0 heterocycles. The molecule has 0 atom stereocenters. The van der Waals surface area contributed by atoms with Gasteiger partial charge in [-0.15, -0.1) is 0 Å². The second-order valence-corrected chi connectivity index (χ2v) is 4.50. The van der Waals surface area contributed by atoms with Crippen LogP contribution in [0.15, 0.2) is 0 Å². The van der Waals surface area contributed by atoms with Gasteiger partial charge in [-0.3, -0.25) is 4.79 Å². The number of rotatable bonds is 7. The lowest BCUT2D eigenvalue weighted by molar-refractivity contribution is -0.122. The number of hydrogen-bond donors (Lipinski definition) is 0. The Morgan fingerprint density at radius 2 is 1.77 bits per heavy atom. The van der Waals surface area contributed by atoms with E-state index in [1.54, 1.807) is 6.92 Å². The second-order valence-electron chi connectivity index (χ2n) is 4.50. The minimum atomic E-state index is 0.159. The van der Waals surface area contributed by atoms with Crippen molar-refractivity contribution in [2.45, 2.75) is 65.2 Å². The molecular weight excluding hydrogens is 160 g/mol. The molecule has 0 aromatic carbocycles. The Morgan fingerprint density at radius 3 is 2.23 bits per heavy atom. The van der Waals surface area contributed by atoms with Crippen LogP contribution in [0.3, 0.4) is 0 Å². The summed E-state index contributed by atoms with van der Waals surface area (Å²) in [6, 6.07) is 0. The Labute approximate surface area is 81.9 Å². The monoisotopic (exact) mass is 182 g/mol. The lowest BCUT2D eigenvalue weighted by atomic mass is 9.94. The molecule has 1 nitrogen and oxygen atoms in total. The summed E-state index contributed by atoms with van der Waals surface area (Å²) >= 11 is 0. The number of ketones is 1. The summed E-state index contributed by atoms with van der Waals surface area (Å²) in [5.41, 5.74) is 0.159. The van der Waals surface area contributed by atoms with Gasteiger partial charge in [0.05, 0.1) is 0 Å². The molecule has 1 fully saturated rings. The molecule has 0 spiro atoms. The van der Waals surface area contributed by atoms with Gasteiger partial charge in [-0.1, -0.05) is 39.0 Å². The van der Waals surface area contributed by atoms with E-state index in [1.807, 2.05) is 0 Å². The number of carbonyl (C=O) groups is 1. The third-order valence-corrected chi connectivity index (χ3v) is 3.36. The Hall–Kier alpha value is -0.330. The lowest BCUT2D eigenvalue weighted by Crippen LogP contribution is -2.11. The van der Waals surface area contributed by atoms with Crippen LogP contribution in [0.5, 0.6) is 0 Å². The quantitative estimate of drug-likeness (QED) is 0.548. The number of carbonyl (C=O) groups excluding carboxylic acids is 1. The Kier molecular flexibility index (Phi) is 3.95. The predicted molar refractivity (Wildman–Crippen MR) is 55.7 cm³/mol. The topological polar surface area (TPSA) is 17.1 Å². The molecule has 0 amide bonds. The maximum Gasteiger partial charge on any atom is 0.135 e. The molecule has 13 heavy (non-hydrogen) atoms. The van der Waals surface area contributed by atoms with Crippen LogP contribution in [0, 0.1) is 5.41 Å². The fourth-order valence-corrected chi connectivity index (χ4v) is 2.00. The lowest BCUT2D eigenvalue weighted by Gasteiger charge is -2.09. The van der Waals surface area contributed by atoms with Crippen LogP contribution in [0.4, 0.5) is 0 Å².